The van der Waals surface area contributed by atoms with Crippen LogP contribution in [0.4, 0.5) is 0 Å². The predicted molar refractivity (Wildman–Crippen MR) is 79.5 cm³/mol. The van der Waals surface area contributed by atoms with Crippen LogP contribution >= 0.6 is 0 Å². The van der Waals surface area contributed by atoms with E-state index in [1.165, 1.54) is 16.7 Å². The van der Waals surface area contributed by atoms with E-state index < -0.39 is 0 Å². The highest BCUT2D eigenvalue weighted by Crippen LogP contribution is 2.27. The molecule has 2 heterocycles. The molecule has 1 aromatic carbocycles. The summed E-state index contributed by atoms with van der Waals surface area (Å²) in [6, 6.07) is 12.8. The summed E-state index contributed by atoms with van der Waals surface area (Å²) in [4.78, 5) is 4.59. The number of hydrogen-bond donors (Lipinski definition) is 0. The molecule has 96 valence electrons. The number of fused-ring (bicyclic) bond motifs is 1. The minimum Gasteiger partial charge on any atom is -0.300 e. The van der Waals surface area contributed by atoms with Crippen LogP contribution in [0.5, 0.6) is 0 Å². The van der Waals surface area contributed by atoms with Gasteiger partial charge in [0.05, 0.1) is 11.7 Å². The van der Waals surface area contributed by atoms with Crippen LogP contribution < -0.4 is 0 Å². The summed E-state index contributed by atoms with van der Waals surface area (Å²) in [6.07, 6.45) is 4.00. The van der Waals surface area contributed by atoms with Crippen molar-refractivity contribution < 1.29 is 0 Å². The molecule has 0 fully saturated rings. The normalized spacial score (nSPS) is 11.4. The second kappa shape index (κ2) is 4.54. The van der Waals surface area contributed by atoms with E-state index in [0.29, 0.717) is 5.92 Å². The summed E-state index contributed by atoms with van der Waals surface area (Å²) in [6.45, 7) is 6.58. The highest BCUT2D eigenvalue weighted by Gasteiger charge is 2.10. The molecule has 19 heavy (non-hydrogen) atoms. The summed E-state index contributed by atoms with van der Waals surface area (Å²) < 4.78 is 2.15. The van der Waals surface area contributed by atoms with Crippen LogP contribution in [0.2, 0.25) is 0 Å². The second-order valence-electron chi connectivity index (χ2n) is 5.31. The Morgan fingerprint density at radius 3 is 2.74 bits per heavy atom. The Balaban J connectivity index is 2.23. The minimum atomic E-state index is 0.533. The molecule has 0 saturated heterocycles. The van der Waals surface area contributed by atoms with Gasteiger partial charge in [-0.1, -0.05) is 32.0 Å². The number of aromatic nitrogens is 2. The van der Waals surface area contributed by atoms with Crippen LogP contribution in [-0.4, -0.2) is 9.38 Å². The molecule has 2 aromatic heterocycles. The maximum absolute atomic E-state index is 4.59. The van der Waals surface area contributed by atoms with Gasteiger partial charge in [0.1, 0.15) is 5.82 Å². The monoisotopic (exact) mass is 250 g/mol. The zero-order valence-electron chi connectivity index (χ0n) is 11.6. The topological polar surface area (TPSA) is 17.3 Å². The molecule has 2 heteroatoms. The van der Waals surface area contributed by atoms with Gasteiger partial charge in [0.25, 0.3) is 0 Å². The predicted octanol–water partition coefficient (Wildman–Crippen LogP) is 4.43. The van der Waals surface area contributed by atoms with Gasteiger partial charge in [-0.05, 0) is 42.2 Å². The second-order valence-corrected chi connectivity index (χ2v) is 5.31. The van der Waals surface area contributed by atoms with Crippen molar-refractivity contribution in [2.45, 2.75) is 26.7 Å². The summed E-state index contributed by atoms with van der Waals surface area (Å²) in [5.41, 5.74) is 4.97. The van der Waals surface area contributed by atoms with Crippen molar-refractivity contribution >= 4 is 5.52 Å². The highest BCUT2D eigenvalue weighted by molar-refractivity contribution is 5.66. The molecule has 3 rings (SSSR count). The van der Waals surface area contributed by atoms with Gasteiger partial charge in [-0.15, -0.1) is 0 Å². The van der Waals surface area contributed by atoms with Gasteiger partial charge in [-0.2, -0.15) is 0 Å². The smallest absolute Gasteiger partial charge is 0.144 e. The number of rotatable bonds is 2. The fourth-order valence-electron chi connectivity index (χ4n) is 2.38. The maximum atomic E-state index is 4.59. The lowest BCUT2D eigenvalue weighted by molar-refractivity contribution is 0.866. The Hall–Kier alpha value is -2.09. The molecule has 0 radical (unpaired) electrons. The maximum Gasteiger partial charge on any atom is 0.144 e. The molecule has 0 aliphatic rings. The first kappa shape index (κ1) is 12.0. The molecule has 0 aliphatic carbocycles. The highest BCUT2D eigenvalue weighted by atomic mass is 15.0. The van der Waals surface area contributed by atoms with E-state index in [0.717, 1.165) is 11.3 Å². The summed E-state index contributed by atoms with van der Waals surface area (Å²) in [5, 5.41) is 0. The lowest BCUT2D eigenvalue weighted by Gasteiger charge is -2.10. The molecular formula is C17H18N2. The Morgan fingerprint density at radius 2 is 1.95 bits per heavy atom. The van der Waals surface area contributed by atoms with Crippen LogP contribution in [0.3, 0.4) is 0 Å². The number of hydrogen-bond acceptors (Lipinski definition) is 1. The van der Waals surface area contributed by atoms with E-state index in [4.69, 9.17) is 0 Å². The zero-order chi connectivity index (χ0) is 13.4. The standard InChI is InChI=1S/C17H18N2/c1-12(2)14-8-7-13(3)16(10-14)17-18-11-15-6-4-5-9-19(15)17/h4-12H,1-3H3. The Morgan fingerprint density at radius 1 is 1.11 bits per heavy atom. The van der Waals surface area contributed by atoms with Crippen molar-refractivity contribution in [2.24, 2.45) is 0 Å². The van der Waals surface area contributed by atoms with Crippen LogP contribution in [0.1, 0.15) is 30.9 Å². The van der Waals surface area contributed by atoms with Gasteiger partial charge >= 0.3 is 0 Å². The Kier molecular flexibility index (Phi) is 2.86. The fraction of sp³-hybridized carbons (Fsp3) is 0.235. The average Bonchev–Trinajstić information content (AvgIpc) is 2.83. The summed E-state index contributed by atoms with van der Waals surface area (Å²) in [5.74, 6) is 1.56. The molecule has 0 unspecified atom stereocenters. The third kappa shape index (κ3) is 2.03. The van der Waals surface area contributed by atoms with Crippen LogP contribution in [-0.2, 0) is 0 Å². The van der Waals surface area contributed by atoms with Gasteiger partial charge in [-0.25, -0.2) is 4.98 Å². The van der Waals surface area contributed by atoms with Crippen molar-refractivity contribution in [3.63, 3.8) is 0 Å². The van der Waals surface area contributed by atoms with E-state index in [1.807, 2.05) is 18.3 Å². The number of benzene rings is 1. The zero-order valence-corrected chi connectivity index (χ0v) is 11.6. The van der Waals surface area contributed by atoms with Crippen LogP contribution in [0.25, 0.3) is 16.9 Å². The summed E-state index contributed by atoms with van der Waals surface area (Å²) >= 11 is 0. The first-order valence-electron chi connectivity index (χ1n) is 6.70. The van der Waals surface area contributed by atoms with Gasteiger partial charge < -0.3 is 0 Å². The van der Waals surface area contributed by atoms with E-state index in [9.17, 15) is 0 Å². The van der Waals surface area contributed by atoms with E-state index in [-0.39, 0.29) is 0 Å². The average molecular weight is 250 g/mol. The molecule has 0 aliphatic heterocycles. The lowest BCUT2D eigenvalue weighted by Crippen LogP contribution is -1.94. The lowest BCUT2D eigenvalue weighted by atomic mass is 9.97. The number of nitrogens with zero attached hydrogens (tertiary/aromatic N) is 2. The van der Waals surface area contributed by atoms with E-state index in [1.54, 1.807) is 0 Å². The minimum absolute atomic E-state index is 0.533. The Bertz CT molecular complexity index is 723. The molecule has 3 aromatic rings. The molecular weight excluding hydrogens is 232 g/mol. The van der Waals surface area contributed by atoms with Crippen molar-refractivity contribution in [1.29, 1.82) is 0 Å². The molecule has 2 nitrogen and oxygen atoms in total. The van der Waals surface area contributed by atoms with Crippen molar-refractivity contribution in [1.82, 2.24) is 9.38 Å². The number of pyridine rings is 1. The van der Waals surface area contributed by atoms with Crippen LogP contribution in [0, 0.1) is 6.92 Å². The van der Waals surface area contributed by atoms with Gasteiger partial charge in [0.2, 0.25) is 0 Å². The number of imidazole rings is 1. The number of aryl methyl sites for hydroxylation is 1. The molecule has 0 N–H and O–H groups in total. The van der Waals surface area contributed by atoms with Gasteiger partial charge in [-0.3, -0.25) is 4.40 Å². The summed E-state index contributed by atoms with van der Waals surface area (Å²) in [7, 11) is 0. The third-order valence-electron chi connectivity index (χ3n) is 3.61. The first-order valence-corrected chi connectivity index (χ1v) is 6.70. The van der Waals surface area contributed by atoms with Crippen molar-refractivity contribution in [3.8, 4) is 11.4 Å². The van der Waals surface area contributed by atoms with E-state index >= 15 is 0 Å². The van der Waals surface area contributed by atoms with E-state index in [2.05, 4.69) is 60.6 Å². The SMILES string of the molecule is Cc1ccc(C(C)C)cc1-c1ncc2ccccn12. The first-order chi connectivity index (χ1) is 9.16. The molecule has 0 spiro atoms. The fourth-order valence-corrected chi connectivity index (χ4v) is 2.38. The van der Waals surface area contributed by atoms with Gasteiger partial charge in [0.15, 0.2) is 0 Å². The molecule has 0 atom stereocenters. The van der Waals surface area contributed by atoms with Crippen LogP contribution in [0.15, 0.2) is 48.8 Å². The third-order valence-corrected chi connectivity index (χ3v) is 3.61. The molecule has 0 bridgehead atoms. The quantitative estimate of drug-likeness (QED) is 0.657. The Labute approximate surface area is 113 Å². The molecule has 0 amide bonds. The molecule has 0 saturated carbocycles. The van der Waals surface area contributed by atoms with Crippen molar-refractivity contribution in [2.75, 3.05) is 0 Å². The van der Waals surface area contributed by atoms with Gasteiger partial charge in [0, 0.05) is 11.8 Å². The van der Waals surface area contributed by atoms with Crippen molar-refractivity contribution in [3.05, 3.63) is 59.9 Å². The largest absolute Gasteiger partial charge is 0.300 e.